The van der Waals surface area contributed by atoms with Gasteiger partial charge in [0.1, 0.15) is 5.65 Å². The van der Waals surface area contributed by atoms with Crippen molar-refractivity contribution in [2.24, 2.45) is 5.92 Å². The van der Waals surface area contributed by atoms with Crippen LogP contribution >= 0.6 is 0 Å². The third-order valence-corrected chi connectivity index (χ3v) is 5.79. The molecule has 1 aromatic carbocycles. The van der Waals surface area contributed by atoms with Gasteiger partial charge in [0.25, 0.3) is 0 Å². The lowest BCUT2D eigenvalue weighted by Gasteiger charge is -2.20. The monoisotopic (exact) mass is 404 g/mol. The Balaban J connectivity index is 1.30. The van der Waals surface area contributed by atoms with Crippen molar-refractivity contribution in [2.45, 2.75) is 45.4 Å². The molecule has 0 saturated heterocycles. The molecule has 1 aliphatic rings. The van der Waals surface area contributed by atoms with Gasteiger partial charge in [-0.25, -0.2) is 4.98 Å². The van der Waals surface area contributed by atoms with E-state index in [-0.39, 0.29) is 18.4 Å². The summed E-state index contributed by atoms with van der Waals surface area (Å²) in [5.74, 6) is 0.218. The maximum atomic E-state index is 12.2. The third kappa shape index (κ3) is 4.87. The fraction of sp³-hybridized carbons (Fsp3) is 0.375. The number of hydrogen-bond acceptors (Lipinski definition) is 3. The van der Waals surface area contributed by atoms with E-state index in [0.29, 0.717) is 18.0 Å². The van der Waals surface area contributed by atoms with Crippen molar-refractivity contribution >= 4 is 23.1 Å². The summed E-state index contributed by atoms with van der Waals surface area (Å²) in [5, 5.41) is 5.58. The van der Waals surface area contributed by atoms with Gasteiger partial charge in [-0.3, -0.25) is 9.59 Å². The Bertz CT molecular complexity index is 1030. The molecular formula is C24H28N4O2. The first-order valence-corrected chi connectivity index (χ1v) is 10.7. The number of nitrogens with zero attached hydrogens (tertiary/aromatic N) is 2. The molecule has 0 spiro atoms. The Hall–Kier alpha value is -3.15. The van der Waals surface area contributed by atoms with Gasteiger partial charge in [-0.15, -0.1) is 0 Å². The molecule has 4 rings (SSSR count). The Kier molecular flexibility index (Phi) is 6.12. The molecule has 2 heterocycles. The first-order chi connectivity index (χ1) is 14.6. The van der Waals surface area contributed by atoms with Crippen molar-refractivity contribution in [1.29, 1.82) is 0 Å². The topological polar surface area (TPSA) is 75.5 Å². The summed E-state index contributed by atoms with van der Waals surface area (Å²) in [6.45, 7) is 2.04. The van der Waals surface area contributed by atoms with Crippen molar-refractivity contribution in [2.75, 3.05) is 11.9 Å². The number of anilines is 1. The molecule has 1 saturated carbocycles. The van der Waals surface area contributed by atoms with Crippen molar-refractivity contribution in [3.05, 3.63) is 54.4 Å². The zero-order valence-electron chi connectivity index (χ0n) is 17.4. The van der Waals surface area contributed by atoms with Crippen molar-refractivity contribution < 1.29 is 9.59 Å². The number of aryl methyl sites for hydroxylation is 1. The van der Waals surface area contributed by atoms with E-state index >= 15 is 0 Å². The number of rotatable bonds is 6. The van der Waals surface area contributed by atoms with Gasteiger partial charge in [0.2, 0.25) is 11.8 Å². The molecule has 6 heteroatoms. The summed E-state index contributed by atoms with van der Waals surface area (Å²) in [7, 11) is 0. The van der Waals surface area contributed by atoms with Crippen LogP contribution in [-0.4, -0.2) is 27.7 Å². The number of aromatic nitrogens is 2. The number of carbonyl (C=O) groups excluding carboxylic acids is 2. The van der Waals surface area contributed by atoms with E-state index in [0.717, 1.165) is 35.3 Å². The summed E-state index contributed by atoms with van der Waals surface area (Å²) < 4.78 is 2.01. The lowest BCUT2D eigenvalue weighted by molar-refractivity contribution is -0.125. The van der Waals surface area contributed by atoms with Gasteiger partial charge < -0.3 is 15.0 Å². The summed E-state index contributed by atoms with van der Waals surface area (Å²) in [4.78, 5) is 28.9. The molecule has 3 aromatic rings. The number of benzene rings is 1. The standard InChI is InChI=1S/C24H28N4O2/c1-17-6-5-13-28-16-21(27-24(17)28)19-9-11-20(12-10-19)26-23(30)15-25-22(29)14-18-7-3-2-4-8-18/h5-6,9-13,16,18H,2-4,7-8,14-15H2,1H3,(H,25,29)(H,26,30). The molecule has 30 heavy (non-hydrogen) atoms. The minimum atomic E-state index is -0.219. The average Bonchev–Trinajstić information content (AvgIpc) is 3.19. The average molecular weight is 405 g/mol. The van der Waals surface area contributed by atoms with Gasteiger partial charge in [-0.05, 0) is 49.4 Å². The number of fused-ring (bicyclic) bond motifs is 1. The number of pyridine rings is 1. The summed E-state index contributed by atoms with van der Waals surface area (Å²) in [5.41, 5.74) is 4.63. The largest absolute Gasteiger partial charge is 0.347 e. The van der Waals surface area contributed by atoms with Gasteiger partial charge in [-0.1, -0.05) is 37.5 Å². The van der Waals surface area contributed by atoms with Crippen LogP contribution in [0, 0.1) is 12.8 Å². The van der Waals surface area contributed by atoms with E-state index in [2.05, 4.69) is 10.6 Å². The fourth-order valence-electron chi connectivity index (χ4n) is 4.13. The maximum Gasteiger partial charge on any atom is 0.243 e. The van der Waals surface area contributed by atoms with Crippen LogP contribution < -0.4 is 10.6 Å². The van der Waals surface area contributed by atoms with E-state index in [1.165, 1.54) is 19.3 Å². The predicted molar refractivity (Wildman–Crippen MR) is 118 cm³/mol. The van der Waals surface area contributed by atoms with Crippen molar-refractivity contribution in [3.63, 3.8) is 0 Å². The van der Waals surface area contributed by atoms with Crippen LogP contribution in [0.3, 0.4) is 0 Å². The highest BCUT2D eigenvalue weighted by Crippen LogP contribution is 2.26. The van der Waals surface area contributed by atoms with Crippen LogP contribution in [0.4, 0.5) is 5.69 Å². The molecule has 0 bridgehead atoms. The molecular weight excluding hydrogens is 376 g/mol. The second-order valence-corrected chi connectivity index (χ2v) is 8.16. The number of nitrogens with one attached hydrogen (secondary N) is 2. The molecule has 0 radical (unpaired) electrons. The molecule has 156 valence electrons. The highest BCUT2D eigenvalue weighted by Gasteiger charge is 2.17. The second-order valence-electron chi connectivity index (χ2n) is 8.16. The molecule has 2 aromatic heterocycles. The lowest BCUT2D eigenvalue weighted by atomic mass is 9.87. The van der Waals surface area contributed by atoms with E-state index < -0.39 is 0 Å². The lowest BCUT2D eigenvalue weighted by Crippen LogP contribution is -2.34. The van der Waals surface area contributed by atoms with Gasteiger partial charge >= 0.3 is 0 Å². The first-order valence-electron chi connectivity index (χ1n) is 10.7. The Morgan fingerprint density at radius 2 is 1.83 bits per heavy atom. The normalized spacial score (nSPS) is 14.6. The SMILES string of the molecule is Cc1cccn2cc(-c3ccc(NC(=O)CNC(=O)CC4CCCCC4)cc3)nc12. The molecule has 0 unspecified atom stereocenters. The number of hydrogen-bond donors (Lipinski definition) is 2. The highest BCUT2D eigenvalue weighted by atomic mass is 16.2. The third-order valence-electron chi connectivity index (χ3n) is 5.79. The summed E-state index contributed by atoms with van der Waals surface area (Å²) in [6, 6.07) is 11.6. The minimum Gasteiger partial charge on any atom is -0.347 e. The number of imidazole rings is 1. The fourth-order valence-corrected chi connectivity index (χ4v) is 4.13. The highest BCUT2D eigenvalue weighted by molar-refractivity contribution is 5.94. The van der Waals surface area contributed by atoms with Crippen molar-refractivity contribution in [1.82, 2.24) is 14.7 Å². The number of carbonyl (C=O) groups is 2. The van der Waals surface area contributed by atoms with E-state index in [1.54, 1.807) is 0 Å². The van der Waals surface area contributed by atoms with Crippen LogP contribution in [0.2, 0.25) is 0 Å². The number of amides is 2. The minimum absolute atomic E-state index is 0.000975. The zero-order chi connectivity index (χ0) is 20.9. The quantitative estimate of drug-likeness (QED) is 0.642. The smallest absolute Gasteiger partial charge is 0.243 e. The Labute approximate surface area is 176 Å². The summed E-state index contributed by atoms with van der Waals surface area (Å²) in [6.07, 6.45) is 10.5. The van der Waals surface area contributed by atoms with Crippen molar-refractivity contribution in [3.8, 4) is 11.3 Å². The molecule has 0 atom stereocenters. The van der Waals surface area contributed by atoms with E-state index in [4.69, 9.17) is 4.98 Å². The Morgan fingerprint density at radius 3 is 2.57 bits per heavy atom. The molecule has 0 aliphatic heterocycles. The maximum absolute atomic E-state index is 12.2. The van der Waals surface area contributed by atoms with E-state index in [9.17, 15) is 9.59 Å². The molecule has 2 N–H and O–H groups in total. The van der Waals surface area contributed by atoms with Crippen LogP contribution in [0.5, 0.6) is 0 Å². The van der Waals surface area contributed by atoms with Crippen LogP contribution in [0.25, 0.3) is 16.9 Å². The van der Waals surface area contributed by atoms with Crippen LogP contribution in [0.15, 0.2) is 48.8 Å². The molecule has 1 fully saturated rings. The second kappa shape index (κ2) is 9.11. The Morgan fingerprint density at radius 1 is 1.07 bits per heavy atom. The molecule has 6 nitrogen and oxygen atoms in total. The van der Waals surface area contributed by atoms with Gasteiger partial charge in [0.15, 0.2) is 0 Å². The first kappa shape index (κ1) is 20.1. The molecule has 1 aliphatic carbocycles. The van der Waals surface area contributed by atoms with Crippen LogP contribution in [0.1, 0.15) is 44.1 Å². The predicted octanol–water partition coefficient (Wildman–Crippen LogP) is 4.33. The van der Waals surface area contributed by atoms with Gasteiger partial charge in [0, 0.05) is 30.1 Å². The van der Waals surface area contributed by atoms with Gasteiger partial charge in [0.05, 0.1) is 12.2 Å². The van der Waals surface area contributed by atoms with Gasteiger partial charge in [-0.2, -0.15) is 0 Å². The zero-order valence-corrected chi connectivity index (χ0v) is 17.4. The summed E-state index contributed by atoms with van der Waals surface area (Å²) >= 11 is 0. The van der Waals surface area contributed by atoms with Crippen LogP contribution in [-0.2, 0) is 9.59 Å². The van der Waals surface area contributed by atoms with E-state index in [1.807, 2.05) is 60.1 Å². The molecule has 2 amide bonds.